The van der Waals surface area contributed by atoms with Gasteiger partial charge in [-0.1, -0.05) is 41.6 Å². The van der Waals surface area contributed by atoms with E-state index < -0.39 is 4.92 Å². The predicted octanol–water partition coefficient (Wildman–Crippen LogP) is 4.33. The maximum Gasteiger partial charge on any atom is 0.343 e. The molecule has 0 amide bonds. The first-order valence-corrected chi connectivity index (χ1v) is 7.94. The number of hydrogen-bond acceptors (Lipinski definition) is 7. The Balaban J connectivity index is 1.99. The smallest absolute Gasteiger partial charge is 0.332 e. The van der Waals surface area contributed by atoms with Crippen molar-refractivity contribution >= 4 is 40.6 Å². The van der Waals surface area contributed by atoms with Crippen LogP contribution in [0.5, 0.6) is 0 Å². The Morgan fingerprint density at radius 1 is 1.08 bits per heavy atom. The van der Waals surface area contributed by atoms with Crippen molar-refractivity contribution in [1.82, 2.24) is 15.0 Å². The first-order chi connectivity index (χ1) is 11.6. The molecule has 7 nitrogen and oxygen atoms in total. The molecule has 0 aliphatic heterocycles. The lowest BCUT2D eigenvalue weighted by atomic mass is 10.4. The van der Waals surface area contributed by atoms with E-state index in [0.29, 0.717) is 5.69 Å². The highest BCUT2D eigenvalue weighted by atomic mass is 35.5. The van der Waals surface area contributed by atoms with E-state index in [1.54, 1.807) is 12.1 Å². The quantitative estimate of drug-likeness (QED) is 0.313. The molecule has 0 unspecified atom stereocenters. The minimum absolute atomic E-state index is 0.0586. The number of nitrogens with one attached hydrogen (secondary N) is 1. The monoisotopic (exact) mass is 359 g/mol. The van der Waals surface area contributed by atoms with E-state index in [9.17, 15) is 10.1 Å². The summed E-state index contributed by atoms with van der Waals surface area (Å²) >= 11 is 7.17. The van der Waals surface area contributed by atoms with Crippen molar-refractivity contribution in [2.45, 2.75) is 9.92 Å². The molecule has 0 atom stereocenters. The number of nitro groups is 1. The number of halogens is 1. The Kier molecular flexibility index (Phi) is 4.88. The number of hydrogen-bond donors (Lipinski definition) is 1. The van der Waals surface area contributed by atoms with E-state index in [1.165, 1.54) is 24.3 Å². The van der Waals surface area contributed by atoms with Crippen LogP contribution in [0.2, 0.25) is 5.15 Å². The van der Waals surface area contributed by atoms with Gasteiger partial charge in [-0.3, -0.25) is 10.1 Å². The summed E-state index contributed by atoms with van der Waals surface area (Å²) in [4.78, 5) is 23.8. The van der Waals surface area contributed by atoms with Gasteiger partial charge in [-0.2, -0.15) is 0 Å². The standard InChI is InChI=1S/C15H10ClN5O2S/c16-13-11(7-4-8-17-13)20-14-12(21(22)23)15(19-9-18-14)24-10-5-2-1-3-6-10/h1-9H,(H,18,19,20). The molecule has 0 aliphatic carbocycles. The van der Waals surface area contributed by atoms with Crippen LogP contribution < -0.4 is 5.32 Å². The molecule has 0 radical (unpaired) electrons. The normalized spacial score (nSPS) is 10.4. The van der Waals surface area contributed by atoms with Crippen LogP contribution in [-0.4, -0.2) is 19.9 Å². The number of aromatic nitrogens is 3. The molecule has 0 saturated carbocycles. The van der Waals surface area contributed by atoms with Gasteiger partial charge in [-0.05, 0) is 24.3 Å². The van der Waals surface area contributed by atoms with Crippen molar-refractivity contribution in [3.63, 3.8) is 0 Å². The molecule has 3 rings (SSSR count). The highest BCUT2D eigenvalue weighted by Crippen LogP contribution is 2.37. The Morgan fingerprint density at radius 2 is 1.88 bits per heavy atom. The third-order valence-corrected chi connectivity index (χ3v) is 4.24. The molecular formula is C15H10ClN5O2S. The molecule has 2 aromatic heterocycles. The average Bonchev–Trinajstić information content (AvgIpc) is 2.58. The molecule has 3 aromatic rings. The van der Waals surface area contributed by atoms with Crippen molar-refractivity contribution in [2.75, 3.05) is 5.32 Å². The molecule has 2 heterocycles. The summed E-state index contributed by atoms with van der Waals surface area (Å²) in [5.74, 6) is 0.0586. The van der Waals surface area contributed by atoms with Gasteiger partial charge in [0.1, 0.15) is 6.33 Å². The molecule has 0 bridgehead atoms. The fourth-order valence-electron chi connectivity index (χ4n) is 1.90. The molecule has 1 N–H and O–H groups in total. The second-order valence-corrected chi connectivity index (χ2v) is 5.94. The first-order valence-electron chi connectivity index (χ1n) is 6.75. The fourth-order valence-corrected chi connectivity index (χ4v) is 2.95. The van der Waals surface area contributed by atoms with Crippen LogP contribution in [0.3, 0.4) is 0 Å². The second-order valence-electron chi connectivity index (χ2n) is 4.52. The maximum atomic E-state index is 11.5. The average molecular weight is 360 g/mol. The lowest BCUT2D eigenvalue weighted by Gasteiger charge is -2.09. The van der Waals surface area contributed by atoms with E-state index in [-0.39, 0.29) is 21.7 Å². The lowest BCUT2D eigenvalue weighted by molar-refractivity contribution is -0.387. The summed E-state index contributed by atoms with van der Waals surface area (Å²) in [6.45, 7) is 0. The predicted molar refractivity (Wildman–Crippen MR) is 91.8 cm³/mol. The molecule has 120 valence electrons. The number of benzene rings is 1. The van der Waals surface area contributed by atoms with Crippen molar-refractivity contribution in [3.8, 4) is 0 Å². The largest absolute Gasteiger partial charge is 0.343 e. The van der Waals surface area contributed by atoms with Crippen LogP contribution in [0.1, 0.15) is 0 Å². The van der Waals surface area contributed by atoms with Crippen LogP contribution in [0.4, 0.5) is 17.2 Å². The zero-order valence-electron chi connectivity index (χ0n) is 12.1. The first kappa shape index (κ1) is 16.2. The molecule has 0 fully saturated rings. The summed E-state index contributed by atoms with van der Waals surface area (Å²) in [6, 6.07) is 12.6. The van der Waals surface area contributed by atoms with Crippen molar-refractivity contribution < 1.29 is 4.92 Å². The van der Waals surface area contributed by atoms with Crippen LogP contribution >= 0.6 is 23.4 Å². The maximum absolute atomic E-state index is 11.5. The molecule has 0 saturated heterocycles. The highest BCUT2D eigenvalue weighted by Gasteiger charge is 2.24. The third-order valence-electron chi connectivity index (χ3n) is 2.94. The molecular weight excluding hydrogens is 350 g/mol. The molecule has 0 spiro atoms. The number of pyridine rings is 1. The van der Waals surface area contributed by atoms with E-state index >= 15 is 0 Å². The summed E-state index contributed by atoms with van der Waals surface area (Å²) < 4.78 is 0. The van der Waals surface area contributed by atoms with Gasteiger partial charge in [0.05, 0.1) is 10.6 Å². The minimum atomic E-state index is -0.516. The van der Waals surface area contributed by atoms with E-state index in [1.807, 2.05) is 30.3 Å². The van der Waals surface area contributed by atoms with Gasteiger partial charge >= 0.3 is 5.69 Å². The zero-order chi connectivity index (χ0) is 16.9. The summed E-state index contributed by atoms with van der Waals surface area (Å²) in [7, 11) is 0. The molecule has 9 heteroatoms. The molecule has 24 heavy (non-hydrogen) atoms. The SMILES string of the molecule is O=[N+]([O-])c1c(Nc2cccnc2Cl)ncnc1Sc1ccccc1. The number of rotatable bonds is 5. The van der Waals surface area contributed by atoms with Gasteiger partial charge in [0, 0.05) is 11.1 Å². The van der Waals surface area contributed by atoms with E-state index in [0.717, 1.165) is 4.90 Å². The van der Waals surface area contributed by atoms with Gasteiger partial charge in [0.25, 0.3) is 0 Å². The Bertz CT molecular complexity index is 879. The Labute approximate surface area is 146 Å². The van der Waals surface area contributed by atoms with Crippen molar-refractivity contribution in [3.05, 3.63) is 70.3 Å². The topological polar surface area (TPSA) is 93.8 Å². The summed E-state index contributed by atoms with van der Waals surface area (Å²) in [5.41, 5.74) is 0.211. The lowest BCUT2D eigenvalue weighted by Crippen LogP contribution is -2.03. The van der Waals surface area contributed by atoms with E-state index in [2.05, 4.69) is 20.3 Å². The fraction of sp³-hybridized carbons (Fsp3) is 0. The summed E-state index contributed by atoms with van der Waals surface area (Å²) in [5, 5.41) is 14.8. The zero-order valence-corrected chi connectivity index (χ0v) is 13.7. The van der Waals surface area contributed by atoms with Crippen LogP contribution in [0.25, 0.3) is 0 Å². The van der Waals surface area contributed by atoms with Crippen molar-refractivity contribution in [2.24, 2.45) is 0 Å². The van der Waals surface area contributed by atoms with Crippen LogP contribution in [0.15, 0.2) is 64.9 Å². The Morgan fingerprint density at radius 3 is 2.58 bits per heavy atom. The Hall–Kier alpha value is -2.71. The van der Waals surface area contributed by atoms with Crippen molar-refractivity contribution in [1.29, 1.82) is 0 Å². The number of anilines is 2. The van der Waals surface area contributed by atoms with Crippen LogP contribution in [-0.2, 0) is 0 Å². The van der Waals surface area contributed by atoms with Crippen LogP contribution in [0, 0.1) is 10.1 Å². The molecule has 1 aromatic carbocycles. The number of nitrogens with zero attached hydrogens (tertiary/aromatic N) is 4. The van der Waals surface area contributed by atoms with Gasteiger partial charge in [0.15, 0.2) is 10.2 Å². The van der Waals surface area contributed by atoms with E-state index in [4.69, 9.17) is 11.6 Å². The van der Waals surface area contributed by atoms with Gasteiger partial charge in [-0.25, -0.2) is 15.0 Å². The second kappa shape index (κ2) is 7.24. The highest BCUT2D eigenvalue weighted by molar-refractivity contribution is 7.99. The molecule has 0 aliphatic rings. The summed E-state index contributed by atoms with van der Waals surface area (Å²) in [6.07, 6.45) is 2.80. The van der Waals surface area contributed by atoms with Gasteiger partial charge in [0.2, 0.25) is 5.82 Å². The minimum Gasteiger partial charge on any atom is -0.332 e. The van der Waals surface area contributed by atoms with Gasteiger partial charge in [-0.15, -0.1) is 0 Å². The van der Waals surface area contributed by atoms with Gasteiger partial charge < -0.3 is 5.32 Å². The third kappa shape index (κ3) is 3.61.